The molecule has 3 fully saturated rings. The van der Waals surface area contributed by atoms with Crippen molar-refractivity contribution >= 4 is 23.5 Å². The average Bonchev–Trinajstić information content (AvgIpc) is 3.13. The van der Waals surface area contributed by atoms with Crippen molar-refractivity contribution in [1.82, 2.24) is 9.80 Å². The van der Waals surface area contributed by atoms with E-state index in [1.165, 1.54) is 7.11 Å². The lowest BCUT2D eigenvalue weighted by Gasteiger charge is -2.42. The highest BCUT2D eigenvalue weighted by Gasteiger charge is 2.56. The van der Waals surface area contributed by atoms with Crippen LogP contribution in [-0.2, 0) is 23.9 Å². The predicted octanol–water partition coefficient (Wildman–Crippen LogP) is -0.162. The standard InChI is InChI=1S/C18H27N3O5/c1-11(16(19)24)4-5-14(23)20-9-6-12-15(20)13(22)10-21(12)17(25)18(26-2)7-3-8-18/h11-12,15H,3-10H2,1-2H3,(H2,19,24). The van der Waals surface area contributed by atoms with E-state index in [4.69, 9.17) is 10.5 Å². The van der Waals surface area contributed by atoms with Gasteiger partial charge in [-0.2, -0.15) is 0 Å². The summed E-state index contributed by atoms with van der Waals surface area (Å²) in [5.41, 5.74) is 4.45. The number of Topliss-reactive ketones (excluding diaryl/α,β-unsaturated/α-hetero) is 1. The van der Waals surface area contributed by atoms with Crippen molar-refractivity contribution in [2.24, 2.45) is 11.7 Å². The second kappa shape index (κ2) is 6.98. The maximum absolute atomic E-state index is 12.9. The molecule has 0 spiro atoms. The molecular formula is C18H27N3O5. The Hall–Kier alpha value is -1.96. The van der Waals surface area contributed by atoms with Crippen molar-refractivity contribution in [3.63, 3.8) is 0 Å². The smallest absolute Gasteiger partial charge is 0.255 e. The van der Waals surface area contributed by atoms with E-state index in [-0.39, 0.29) is 42.5 Å². The number of hydrogen-bond acceptors (Lipinski definition) is 5. The van der Waals surface area contributed by atoms with Crippen LogP contribution in [0, 0.1) is 5.92 Å². The fourth-order valence-corrected chi connectivity index (χ4v) is 4.26. The van der Waals surface area contributed by atoms with E-state index in [0.717, 1.165) is 6.42 Å². The monoisotopic (exact) mass is 365 g/mol. The topological polar surface area (TPSA) is 110 Å². The number of rotatable bonds is 6. The molecule has 0 aromatic rings. The Bertz CT molecular complexity index is 625. The first-order valence-corrected chi connectivity index (χ1v) is 9.28. The van der Waals surface area contributed by atoms with Gasteiger partial charge in [0.1, 0.15) is 11.6 Å². The van der Waals surface area contributed by atoms with Gasteiger partial charge in [0.2, 0.25) is 11.8 Å². The zero-order valence-electron chi connectivity index (χ0n) is 15.4. The first-order chi connectivity index (χ1) is 12.3. The van der Waals surface area contributed by atoms with E-state index in [1.54, 1.807) is 16.7 Å². The highest BCUT2D eigenvalue weighted by Crippen LogP contribution is 2.40. The molecular weight excluding hydrogens is 338 g/mol. The molecule has 3 unspecified atom stereocenters. The number of hydrogen-bond donors (Lipinski definition) is 1. The van der Waals surface area contributed by atoms with Crippen LogP contribution in [0.3, 0.4) is 0 Å². The molecule has 26 heavy (non-hydrogen) atoms. The van der Waals surface area contributed by atoms with Crippen LogP contribution in [0.4, 0.5) is 0 Å². The van der Waals surface area contributed by atoms with Gasteiger partial charge in [0, 0.05) is 26.0 Å². The minimum Gasteiger partial charge on any atom is -0.369 e. The molecule has 2 aliphatic heterocycles. The van der Waals surface area contributed by atoms with Crippen molar-refractivity contribution in [3.05, 3.63) is 0 Å². The number of ketones is 1. The second-order valence-corrected chi connectivity index (χ2v) is 7.68. The van der Waals surface area contributed by atoms with Crippen molar-refractivity contribution in [1.29, 1.82) is 0 Å². The fraction of sp³-hybridized carbons (Fsp3) is 0.778. The lowest BCUT2D eigenvalue weighted by Crippen LogP contribution is -2.56. The maximum Gasteiger partial charge on any atom is 0.255 e. The van der Waals surface area contributed by atoms with Gasteiger partial charge in [0.25, 0.3) is 5.91 Å². The van der Waals surface area contributed by atoms with E-state index < -0.39 is 17.6 Å². The number of fused-ring (bicyclic) bond motifs is 1. The molecule has 0 bridgehead atoms. The normalized spacial score (nSPS) is 27.8. The molecule has 3 atom stereocenters. The van der Waals surface area contributed by atoms with Gasteiger partial charge >= 0.3 is 0 Å². The minimum atomic E-state index is -0.788. The zero-order chi connectivity index (χ0) is 19.1. The Labute approximate surface area is 153 Å². The largest absolute Gasteiger partial charge is 0.369 e. The molecule has 144 valence electrons. The number of carbonyl (C=O) groups is 4. The highest BCUT2D eigenvalue weighted by molar-refractivity contribution is 5.99. The summed E-state index contributed by atoms with van der Waals surface area (Å²) >= 11 is 0. The van der Waals surface area contributed by atoms with Gasteiger partial charge in [-0.15, -0.1) is 0 Å². The Morgan fingerprint density at radius 1 is 1.31 bits per heavy atom. The Kier molecular flexibility index (Phi) is 5.05. The number of methoxy groups -OCH3 is 1. The summed E-state index contributed by atoms with van der Waals surface area (Å²) in [4.78, 5) is 52.4. The van der Waals surface area contributed by atoms with Gasteiger partial charge in [0.15, 0.2) is 5.78 Å². The zero-order valence-corrected chi connectivity index (χ0v) is 15.4. The molecule has 0 aromatic heterocycles. The third kappa shape index (κ3) is 3.00. The summed E-state index contributed by atoms with van der Waals surface area (Å²) < 4.78 is 5.47. The Morgan fingerprint density at radius 3 is 2.54 bits per heavy atom. The quantitative estimate of drug-likeness (QED) is 0.703. The van der Waals surface area contributed by atoms with Crippen LogP contribution in [0.2, 0.25) is 0 Å². The van der Waals surface area contributed by atoms with E-state index in [9.17, 15) is 19.2 Å². The van der Waals surface area contributed by atoms with Crippen LogP contribution in [0.5, 0.6) is 0 Å². The van der Waals surface area contributed by atoms with Crippen molar-refractivity contribution in [2.75, 3.05) is 20.2 Å². The molecule has 0 aromatic carbocycles. The molecule has 8 nitrogen and oxygen atoms in total. The van der Waals surface area contributed by atoms with Gasteiger partial charge in [-0.05, 0) is 32.1 Å². The SMILES string of the molecule is COC1(C(=O)N2CC(=O)C3C2CCN3C(=O)CCC(C)C(N)=O)CCC1. The van der Waals surface area contributed by atoms with Gasteiger partial charge in [0.05, 0.1) is 12.6 Å². The number of carbonyl (C=O) groups excluding carboxylic acids is 4. The maximum atomic E-state index is 12.9. The summed E-state index contributed by atoms with van der Waals surface area (Å²) in [6.45, 7) is 2.18. The third-order valence-electron chi connectivity index (χ3n) is 6.22. The molecule has 2 heterocycles. The number of primary amides is 1. The van der Waals surface area contributed by atoms with Gasteiger partial charge in [-0.3, -0.25) is 19.2 Å². The third-order valence-corrected chi connectivity index (χ3v) is 6.22. The van der Waals surface area contributed by atoms with Crippen molar-refractivity contribution in [3.8, 4) is 0 Å². The molecule has 3 rings (SSSR count). The number of likely N-dealkylation sites (tertiary alicyclic amines) is 2. The van der Waals surface area contributed by atoms with Crippen LogP contribution in [0.25, 0.3) is 0 Å². The first-order valence-electron chi connectivity index (χ1n) is 9.28. The highest BCUT2D eigenvalue weighted by atomic mass is 16.5. The van der Waals surface area contributed by atoms with Crippen LogP contribution < -0.4 is 5.73 Å². The molecule has 8 heteroatoms. The molecule has 3 amide bonds. The van der Waals surface area contributed by atoms with E-state index in [2.05, 4.69) is 0 Å². The molecule has 1 aliphatic carbocycles. The molecule has 2 saturated heterocycles. The molecule has 3 aliphatic rings. The second-order valence-electron chi connectivity index (χ2n) is 7.68. The number of nitrogens with zero attached hydrogens (tertiary/aromatic N) is 2. The summed E-state index contributed by atoms with van der Waals surface area (Å²) in [6, 6.07) is -0.829. The van der Waals surface area contributed by atoms with Crippen LogP contribution >= 0.6 is 0 Å². The lowest BCUT2D eigenvalue weighted by atomic mass is 9.78. The predicted molar refractivity (Wildman–Crippen MR) is 91.8 cm³/mol. The first kappa shape index (κ1) is 18.8. The molecule has 0 radical (unpaired) electrons. The molecule has 1 saturated carbocycles. The average molecular weight is 365 g/mol. The van der Waals surface area contributed by atoms with Crippen LogP contribution in [0.1, 0.15) is 45.4 Å². The molecule has 2 N–H and O–H groups in total. The van der Waals surface area contributed by atoms with Crippen molar-refractivity contribution in [2.45, 2.75) is 63.1 Å². The number of nitrogens with two attached hydrogens (primary N) is 1. The summed E-state index contributed by atoms with van der Waals surface area (Å²) in [5.74, 6) is -1.18. The number of amides is 3. The summed E-state index contributed by atoms with van der Waals surface area (Å²) in [7, 11) is 1.54. The van der Waals surface area contributed by atoms with Gasteiger partial charge < -0.3 is 20.3 Å². The fourth-order valence-electron chi connectivity index (χ4n) is 4.26. The summed E-state index contributed by atoms with van der Waals surface area (Å²) in [5, 5.41) is 0. The van der Waals surface area contributed by atoms with E-state index in [0.29, 0.717) is 32.2 Å². The van der Waals surface area contributed by atoms with Crippen LogP contribution in [-0.4, -0.2) is 71.2 Å². The summed E-state index contributed by atoms with van der Waals surface area (Å²) in [6.07, 6.45) is 3.44. The Balaban J connectivity index is 1.66. The lowest BCUT2D eigenvalue weighted by molar-refractivity contribution is -0.167. The van der Waals surface area contributed by atoms with Gasteiger partial charge in [-0.1, -0.05) is 6.92 Å². The van der Waals surface area contributed by atoms with Crippen LogP contribution in [0.15, 0.2) is 0 Å². The minimum absolute atomic E-state index is 0.0424. The van der Waals surface area contributed by atoms with E-state index in [1.807, 2.05) is 0 Å². The Morgan fingerprint density at radius 2 is 2.00 bits per heavy atom. The van der Waals surface area contributed by atoms with Gasteiger partial charge in [-0.25, -0.2) is 0 Å². The number of ether oxygens (including phenoxy) is 1. The van der Waals surface area contributed by atoms with Crippen molar-refractivity contribution < 1.29 is 23.9 Å². The van der Waals surface area contributed by atoms with E-state index >= 15 is 0 Å².